The number of anilines is 1. The van der Waals surface area contributed by atoms with Gasteiger partial charge in [0, 0.05) is 23.7 Å². The van der Waals surface area contributed by atoms with Crippen molar-refractivity contribution in [3.63, 3.8) is 0 Å². The Morgan fingerprint density at radius 1 is 1.06 bits per heavy atom. The van der Waals surface area contributed by atoms with E-state index in [1.165, 1.54) is 24.3 Å². The summed E-state index contributed by atoms with van der Waals surface area (Å²) in [6, 6.07) is 11.8. The summed E-state index contributed by atoms with van der Waals surface area (Å²) < 4.78 is 13.3. The molecular formula is C23H20FN3O5. The number of halogens is 1. The lowest BCUT2D eigenvalue weighted by Crippen LogP contribution is -2.53. The number of aliphatic carboxylic acids is 1. The molecule has 0 aliphatic carbocycles. The van der Waals surface area contributed by atoms with Gasteiger partial charge in [-0.15, -0.1) is 0 Å². The Morgan fingerprint density at radius 2 is 1.78 bits per heavy atom. The van der Waals surface area contributed by atoms with E-state index < -0.39 is 52.9 Å². The summed E-state index contributed by atoms with van der Waals surface area (Å²) in [6.45, 7) is -0.0457. The van der Waals surface area contributed by atoms with Crippen LogP contribution in [0.4, 0.5) is 10.1 Å². The van der Waals surface area contributed by atoms with Crippen molar-refractivity contribution in [2.45, 2.75) is 31.0 Å². The topological polar surface area (TPSA) is 116 Å². The lowest BCUT2D eigenvalue weighted by Gasteiger charge is -2.29. The van der Waals surface area contributed by atoms with Gasteiger partial charge in [0.15, 0.2) is 0 Å². The molecule has 5 rings (SSSR count). The Morgan fingerprint density at radius 3 is 2.50 bits per heavy atom. The third-order valence-electron chi connectivity index (χ3n) is 6.64. The molecule has 9 heteroatoms. The highest BCUT2D eigenvalue weighted by Gasteiger charge is 2.70. The maximum atomic E-state index is 13.6. The zero-order chi connectivity index (χ0) is 22.6. The van der Waals surface area contributed by atoms with Gasteiger partial charge in [0.25, 0.3) is 0 Å². The van der Waals surface area contributed by atoms with Crippen molar-refractivity contribution in [1.82, 2.24) is 10.2 Å². The van der Waals surface area contributed by atoms with Gasteiger partial charge in [0.1, 0.15) is 11.4 Å². The monoisotopic (exact) mass is 437 g/mol. The Hall–Kier alpha value is -3.59. The molecule has 3 N–H and O–H groups in total. The minimum absolute atomic E-state index is 0.0457. The first-order valence-electron chi connectivity index (χ1n) is 10.3. The van der Waals surface area contributed by atoms with Crippen LogP contribution in [-0.4, -0.2) is 39.7 Å². The number of hydrogen-bond donors (Lipinski definition) is 3. The molecule has 0 bridgehead atoms. The number of rotatable bonds is 5. The molecule has 2 aromatic carbocycles. The maximum absolute atomic E-state index is 13.6. The van der Waals surface area contributed by atoms with Gasteiger partial charge in [-0.05, 0) is 30.2 Å². The average Bonchev–Trinajstić information content (AvgIpc) is 3.34. The number of likely N-dealkylation sites (tertiary alicyclic amines) is 1. The van der Waals surface area contributed by atoms with E-state index in [9.17, 15) is 23.6 Å². The van der Waals surface area contributed by atoms with Crippen LogP contribution in [0.3, 0.4) is 0 Å². The maximum Gasteiger partial charge on any atom is 0.303 e. The highest BCUT2D eigenvalue weighted by Crippen LogP contribution is 2.53. The molecule has 3 amide bonds. The zero-order valence-electron chi connectivity index (χ0n) is 16.9. The number of carbonyl (C=O) groups excluding carboxylic acids is 3. The van der Waals surface area contributed by atoms with E-state index >= 15 is 0 Å². The van der Waals surface area contributed by atoms with Gasteiger partial charge in [-0.1, -0.05) is 30.3 Å². The third kappa shape index (κ3) is 2.85. The largest absolute Gasteiger partial charge is 0.481 e. The molecule has 0 radical (unpaired) electrons. The number of nitrogens with zero attached hydrogens (tertiary/aromatic N) is 1. The first kappa shape index (κ1) is 20.3. The Labute approximate surface area is 182 Å². The van der Waals surface area contributed by atoms with Crippen LogP contribution >= 0.6 is 0 Å². The SMILES string of the molecule is O=C(O)CCC1NC2(C(=O)Nc3ccccc32)C2C(=O)N(Cc3ccc(F)cc3)C(=O)C12. The number of carbonyl (C=O) groups is 4. The molecule has 4 atom stereocenters. The Balaban J connectivity index is 1.56. The molecule has 2 aromatic rings. The number of nitrogens with one attached hydrogen (secondary N) is 2. The van der Waals surface area contributed by atoms with Crippen molar-refractivity contribution in [1.29, 1.82) is 0 Å². The number of fused-ring (bicyclic) bond motifs is 4. The molecule has 32 heavy (non-hydrogen) atoms. The van der Waals surface area contributed by atoms with Gasteiger partial charge >= 0.3 is 5.97 Å². The quantitative estimate of drug-likeness (QED) is 0.612. The summed E-state index contributed by atoms with van der Waals surface area (Å²) in [4.78, 5) is 52.5. The van der Waals surface area contributed by atoms with E-state index in [4.69, 9.17) is 5.11 Å². The van der Waals surface area contributed by atoms with Gasteiger partial charge in [-0.25, -0.2) is 4.39 Å². The molecule has 0 aromatic heterocycles. The highest BCUT2D eigenvalue weighted by atomic mass is 19.1. The summed E-state index contributed by atoms with van der Waals surface area (Å²) in [6.07, 6.45) is -0.114. The first-order chi connectivity index (χ1) is 15.3. The molecule has 0 saturated carbocycles. The number of carboxylic acid groups (broad SMARTS) is 1. The standard InChI is InChI=1S/C23H20FN3O5/c24-13-7-5-12(6-8-13)11-27-20(30)18-16(9-10-17(28)29)26-23(19(18)21(27)31)14-3-1-2-4-15(14)25-22(23)32/h1-8,16,18-19,26H,9-11H2,(H,25,32)(H,28,29). The summed E-state index contributed by atoms with van der Waals surface area (Å²) in [5.74, 6) is -4.72. The number of hydrogen-bond acceptors (Lipinski definition) is 5. The van der Waals surface area contributed by atoms with Crippen LogP contribution in [0.25, 0.3) is 0 Å². The van der Waals surface area contributed by atoms with Crippen LogP contribution in [0.5, 0.6) is 0 Å². The lowest BCUT2D eigenvalue weighted by atomic mass is 9.76. The highest BCUT2D eigenvalue weighted by molar-refractivity contribution is 6.15. The minimum atomic E-state index is -1.45. The fourth-order valence-corrected chi connectivity index (χ4v) is 5.27. The summed E-state index contributed by atoms with van der Waals surface area (Å²) in [5, 5.41) is 15.2. The second kappa shape index (κ2) is 7.23. The molecule has 3 aliphatic heterocycles. The molecule has 3 aliphatic rings. The first-order valence-corrected chi connectivity index (χ1v) is 10.3. The number of amides is 3. The normalized spacial score (nSPS) is 28.2. The molecule has 1 spiro atoms. The van der Waals surface area contributed by atoms with E-state index in [1.807, 2.05) is 0 Å². The van der Waals surface area contributed by atoms with Crippen LogP contribution in [-0.2, 0) is 31.3 Å². The second-order valence-corrected chi connectivity index (χ2v) is 8.38. The second-order valence-electron chi connectivity index (χ2n) is 8.38. The molecule has 3 heterocycles. The van der Waals surface area contributed by atoms with Gasteiger partial charge in [-0.3, -0.25) is 29.4 Å². The van der Waals surface area contributed by atoms with Crippen molar-refractivity contribution in [2.75, 3.05) is 5.32 Å². The van der Waals surface area contributed by atoms with Gasteiger partial charge in [0.05, 0.1) is 18.4 Å². The number of carboxylic acids is 1. The van der Waals surface area contributed by atoms with Gasteiger partial charge in [0.2, 0.25) is 17.7 Å². The van der Waals surface area contributed by atoms with Crippen molar-refractivity contribution >= 4 is 29.4 Å². The van der Waals surface area contributed by atoms with Crippen molar-refractivity contribution < 1.29 is 28.7 Å². The van der Waals surface area contributed by atoms with E-state index in [2.05, 4.69) is 10.6 Å². The number of imide groups is 1. The Kier molecular flexibility index (Phi) is 4.59. The van der Waals surface area contributed by atoms with E-state index in [-0.39, 0.29) is 19.4 Å². The van der Waals surface area contributed by atoms with Crippen LogP contribution in [0, 0.1) is 17.7 Å². The molecule has 164 valence electrons. The van der Waals surface area contributed by atoms with Crippen LogP contribution in [0.1, 0.15) is 24.0 Å². The van der Waals surface area contributed by atoms with Crippen LogP contribution in [0.2, 0.25) is 0 Å². The van der Waals surface area contributed by atoms with E-state index in [0.29, 0.717) is 16.8 Å². The number of para-hydroxylation sites is 1. The number of benzene rings is 2. The predicted molar refractivity (Wildman–Crippen MR) is 109 cm³/mol. The minimum Gasteiger partial charge on any atom is -0.481 e. The lowest BCUT2D eigenvalue weighted by molar-refractivity contribution is -0.144. The fraction of sp³-hybridized carbons (Fsp3) is 0.304. The molecule has 8 nitrogen and oxygen atoms in total. The summed E-state index contributed by atoms with van der Waals surface area (Å²) >= 11 is 0. The average molecular weight is 437 g/mol. The van der Waals surface area contributed by atoms with Crippen molar-refractivity contribution in [3.05, 3.63) is 65.5 Å². The summed E-state index contributed by atoms with van der Waals surface area (Å²) in [7, 11) is 0. The molecular weight excluding hydrogens is 417 g/mol. The van der Waals surface area contributed by atoms with Gasteiger partial charge in [-0.2, -0.15) is 0 Å². The predicted octanol–water partition coefficient (Wildman–Crippen LogP) is 1.61. The molecule has 4 unspecified atom stereocenters. The van der Waals surface area contributed by atoms with Crippen molar-refractivity contribution in [3.8, 4) is 0 Å². The van der Waals surface area contributed by atoms with Crippen LogP contribution in [0.15, 0.2) is 48.5 Å². The van der Waals surface area contributed by atoms with Gasteiger partial charge < -0.3 is 10.4 Å². The fourth-order valence-electron chi connectivity index (χ4n) is 5.27. The third-order valence-corrected chi connectivity index (χ3v) is 6.64. The van der Waals surface area contributed by atoms with Crippen molar-refractivity contribution in [2.24, 2.45) is 11.8 Å². The summed E-state index contributed by atoms with van der Waals surface area (Å²) in [5.41, 5.74) is 0.255. The zero-order valence-corrected chi connectivity index (χ0v) is 16.9. The smallest absolute Gasteiger partial charge is 0.303 e. The Bertz CT molecular complexity index is 1150. The van der Waals surface area contributed by atoms with E-state index in [1.54, 1.807) is 24.3 Å². The molecule has 2 saturated heterocycles. The van der Waals surface area contributed by atoms with E-state index in [0.717, 1.165) is 4.90 Å². The van der Waals surface area contributed by atoms with Crippen LogP contribution < -0.4 is 10.6 Å². The molecule has 2 fully saturated rings.